The van der Waals surface area contributed by atoms with Crippen molar-refractivity contribution < 1.29 is 18.0 Å². The Bertz CT molecular complexity index is 847. The molecule has 0 aromatic heterocycles. The lowest BCUT2D eigenvalue weighted by Gasteiger charge is -2.41. The summed E-state index contributed by atoms with van der Waals surface area (Å²) in [4.78, 5) is 30.5. The van der Waals surface area contributed by atoms with Crippen LogP contribution >= 0.6 is 0 Å². The lowest BCUT2D eigenvalue weighted by molar-refractivity contribution is -0.138. The van der Waals surface area contributed by atoms with Crippen LogP contribution in [0.15, 0.2) is 28.3 Å². The standard InChI is InChI=1S/C17H23N5O4S/c23-16-10-18-5-7-22(16)14-2-1-6-21(12-14)17(24)13-3-4-15-19-27(25,26)9-8-20(15)11-13/h3-4,11,14,18H,1-2,5-10,12H2. The number of sulfonamides is 1. The number of likely N-dealkylation sites (tertiary alicyclic amines) is 1. The second-order valence-corrected chi connectivity index (χ2v) is 8.91. The van der Waals surface area contributed by atoms with Crippen molar-refractivity contribution in [2.45, 2.75) is 18.9 Å². The molecule has 4 heterocycles. The first-order valence-electron chi connectivity index (χ1n) is 9.22. The normalized spacial score (nSPS) is 27.8. The predicted octanol–water partition coefficient (Wildman–Crippen LogP) is -1.09. The van der Waals surface area contributed by atoms with E-state index in [4.69, 9.17) is 0 Å². The van der Waals surface area contributed by atoms with E-state index in [-0.39, 0.29) is 23.6 Å². The minimum absolute atomic E-state index is 0.0563. The molecule has 0 aromatic rings. The molecular weight excluding hydrogens is 370 g/mol. The number of fused-ring (bicyclic) bond motifs is 1. The van der Waals surface area contributed by atoms with Gasteiger partial charge in [0.2, 0.25) is 5.91 Å². The molecule has 1 atom stereocenters. The molecule has 27 heavy (non-hydrogen) atoms. The van der Waals surface area contributed by atoms with Gasteiger partial charge in [0, 0.05) is 45.0 Å². The molecule has 9 nitrogen and oxygen atoms in total. The van der Waals surface area contributed by atoms with E-state index in [0.29, 0.717) is 44.1 Å². The van der Waals surface area contributed by atoms with Gasteiger partial charge in [-0.2, -0.15) is 0 Å². The van der Waals surface area contributed by atoms with E-state index in [0.717, 1.165) is 19.4 Å². The number of rotatable bonds is 2. The van der Waals surface area contributed by atoms with Crippen molar-refractivity contribution in [3.8, 4) is 0 Å². The van der Waals surface area contributed by atoms with Crippen LogP contribution in [0.5, 0.6) is 0 Å². The molecule has 0 radical (unpaired) electrons. The third kappa shape index (κ3) is 3.77. The molecule has 4 aliphatic heterocycles. The average Bonchev–Trinajstić information content (AvgIpc) is 2.67. The van der Waals surface area contributed by atoms with E-state index < -0.39 is 10.0 Å². The highest BCUT2D eigenvalue weighted by Crippen LogP contribution is 2.21. The monoisotopic (exact) mass is 393 g/mol. The van der Waals surface area contributed by atoms with Crippen LogP contribution in [-0.2, 0) is 19.6 Å². The van der Waals surface area contributed by atoms with Crippen LogP contribution in [-0.4, -0.2) is 91.8 Å². The maximum Gasteiger partial charge on any atom is 0.256 e. The topological polar surface area (TPSA) is 102 Å². The molecule has 4 rings (SSSR count). The van der Waals surface area contributed by atoms with E-state index in [1.54, 1.807) is 28.2 Å². The molecule has 2 amide bonds. The zero-order valence-electron chi connectivity index (χ0n) is 15.0. The van der Waals surface area contributed by atoms with Crippen molar-refractivity contribution >= 4 is 27.7 Å². The Labute approximate surface area is 158 Å². The van der Waals surface area contributed by atoms with Crippen molar-refractivity contribution in [3.05, 3.63) is 23.9 Å². The largest absolute Gasteiger partial charge is 0.337 e. The van der Waals surface area contributed by atoms with Crippen LogP contribution in [0.1, 0.15) is 12.8 Å². The average molecular weight is 393 g/mol. The lowest BCUT2D eigenvalue weighted by Crippen LogP contribution is -2.57. The SMILES string of the molecule is O=C(C1=CN2CCS(=O)(=O)N=C2C=C1)N1CCCC(N2CCNCC2=O)C1. The maximum atomic E-state index is 13.0. The molecule has 0 aromatic carbocycles. The second-order valence-electron chi connectivity index (χ2n) is 7.16. The summed E-state index contributed by atoms with van der Waals surface area (Å²) in [6.45, 7) is 3.31. The van der Waals surface area contributed by atoms with Crippen molar-refractivity contribution in [3.63, 3.8) is 0 Å². The molecule has 146 valence electrons. The van der Waals surface area contributed by atoms with E-state index in [1.165, 1.54) is 0 Å². The smallest absolute Gasteiger partial charge is 0.256 e. The minimum atomic E-state index is -3.41. The fourth-order valence-corrected chi connectivity index (χ4v) is 4.88. The Balaban J connectivity index is 1.46. The molecule has 0 bridgehead atoms. The summed E-state index contributed by atoms with van der Waals surface area (Å²) in [5, 5.41) is 3.07. The van der Waals surface area contributed by atoms with Crippen LogP contribution in [0.25, 0.3) is 0 Å². The van der Waals surface area contributed by atoms with Crippen LogP contribution in [0.3, 0.4) is 0 Å². The summed E-state index contributed by atoms with van der Waals surface area (Å²) < 4.78 is 26.9. The van der Waals surface area contributed by atoms with Gasteiger partial charge in [-0.15, -0.1) is 4.40 Å². The first-order chi connectivity index (χ1) is 12.9. The number of carbonyl (C=O) groups excluding carboxylic acids is 2. The van der Waals surface area contributed by atoms with E-state index in [2.05, 4.69) is 9.71 Å². The van der Waals surface area contributed by atoms with Gasteiger partial charge in [0.25, 0.3) is 15.9 Å². The van der Waals surface area contributed by atoms with Crippen molar-refractivity contribution in [2.24, 2.45) is 4.40 Å². The number of amides is 2. The van der Waals surface area contributed by atoms with Gasteiger partial charge in [-0.1, -0.05) is 0 Å². The van der Waals surface area contributed by atoms with Crippen molar-refractivity contribution in [1.29, 1.82) is 0 Å². The molecule has 1 unspecified atom stereocenters. The Kier molecular flexibility index (Phi) is 4.77. The van der Waals surface area contributed by atoms with Crippen molar-refractivity contribution in [1.82, 2.24) is 20.0 Å². The first kappa shape index (κ1) is 18.2. The van der Waals surface area contributed by atoms with Gasteiger partial charge < -0.3 is 20.0 Å². The quantitative estimate of drug-likeness (QED) is 0.639. The number of hydrogen-bond acceptors (Lipinski definition) is 6. The highest BCUT2D eigenvalue weighted by Gasteiger charge is 2.33. The van der Waals surface area contributed by atoms with Gasteiger partial charge in [-0.3, -0.25) is 9.59 Å². The molecule has 4 aliphatic rings. The number of carbonyl (C=O) groups is 2. The molecule has 0 saturated carbocycles. The van der Waals surface area contributed by atoms with Crippen LogP contribution in [0.2, 0.25) is 0 Å². The summed E-state index contributed by atoms with van der Waals surface area (Å²) in [7, 11) is -3.41. The Morgan fingerprint density at radius 1 is 1.22 bits per heavy atom. The minimum Gasteiger partial charge on any atom is -0.337 e. The molecule has 2 saturated heterocycles. The Morgan fingerprint density at radius 3 is 2.89 bits per heavy atom. The third-order valence-corrected chi connectivity index (χ3v) is 6.49. The maximum absolute atomic E-state index is 13.0. The highest BCUT2D eigenvalue weighted by atomic mass is 32.2. The second kappa shape index (κ2) is 7.08. The Morgan fingerprint density at radius 2 is 2.07 bits per heavy atom. The van der Waals surface area contributed by atoms with Gasteiger partial charge in [-0.05, 0) is 25.0 Å². The molecule has 0 spiro atoms. The van der Waals surface area contributed by atoms with Gasteiger partial charge in [-0.25, -0.2) is 8.42 Å². The van der Waals surface area contributed by atoms with Crippen LogP contribution in [0, 0.1) is 0 Å². The van der Waals surface area contributed by atoms with Gasteiger partial charge in [0.15, 0.2) is 0 Å². The summed E-state index contributed by atoms with van der Waals surface area (Å²) in [6, 6.07) is 0.0581. The zero-order valence-corrected chi connectivity index (χ0v) is 15.8. The predicted molar refractivity (Wildman–Crippen MR) is 99.3 cm³/mol. The number of piperazine rings is 1. The molecule has 1 N–H and O–H groups in total. The fourth-order valence-electron chi connectivity index (χ4n) is 3.91. The summed E-state index contributed by atoms with van der Waals surface area (Å²) in [6.07, 6.45) is 6.64. The number of amidine groups is 1. The van der Waals surface area contributed by atoms with Gasteiger partial charge >= 0.3 is 0 Å². The number of nitrogens with zero attached hydrogens (tertiary/aromatic N) is 4. The molecule has 10 heteroatoms. The summed E-state index contributed by atoms with van der Waals surface area (Å²) >= 11 is 0. The number of hydrogen-bond donors (Lipinski definition) is 1. The van der Waals surface area contributed by atoms with Crippen molar-refractivity contribution in [2.75, 3.05) is 45.0 Å². The zero-order chi connectivity index (χ0) is 19.0. The first-order valence-corrected chi connectivity index (χ1v) is 10.8. The van der Waals surface area contributed by atoms with Crippen LogP contribution < -0.4 is 5.32 Å². The van der Waals surface area contributed by atoms with E-state index in [1.807, 2.05) is 4.90 Å². The molecule has 0 aliphatic carbocycles. The highest BCUT2D eigenvalue weighted by molar-refractivity contribution is 7.90. The Hall–Kier alpha value is -2.20. The van der Waals surface area contributed by atoms with E-state index in [9.17, 15) is 18.0 Å². The third-order valence-electron chi connectivity index (χ3n) is 5.32. The number of piperidine rings is 1. The van der Waals surface area contributed by atoms with Gasteiger partial charge in [0.05, 0.1) is 17.9 Å². The van der Waals surface area contributed by atoms with Gasteiger partial charge in [0.1, 0.15) is 5.84 Å². The fraction of sp³-hybridized carbons (Fsp3) is 0.588. The lowest BCUT2D eigenvalue weighted by atomic mass is 10.0. The summed E-state index contributed by atoms with van der Waals surface area (Å²) in [5.74, 6) is 0.290. The molecule has 2 fully saturated rings. The summed E-state index contributed by atoms with van der Waals surface area (Å²) in [5.41, 5.74) is 0.514. The molecular formula is C17H23N5O4S. The number of nitrogens with one attached hydrogen (secondary N) is 1. The van der Waals surface area contributed by atoms with Crippen LogP contribution in [0.4, 0.5) is 0 Å². The van der Waals surface area contributed by atoms with E-state index >= 15 is 0 Å².